The number of rotatable bonds is 7. The highest BCUT2D eigenvalue weighted by Crippen LogP contribution is 2.17. The van der Waals surface area contributed by atoms with Crippen LogP contribution in [0.2, 0.25) is 5.02 Å². The van der Waals surface area contributed by atoms with Crippen molar-refractivity contribution in [3.8, 4) is 0 Å². The van der Waals surface area contributed by atoms with E-state index in [9.17, 15) is 0 Å². The van der Waals surface area contributed by atoms with Gasteiger partial charge in [0.2, 0.25) is 0 Å². The standard InChI is InChI=1S/C15H23ClN2/c1-3-5-11-18(12-6-4-2)15(17)13-9-7-8-10-14(13)16/h7-10,17H,3-6,11-12H2,1-2H3. The molecule has 2 nitrogen and oxygen atoms in total. The Morgan fingerprint density at radius 3 is 2.17 bits per heavy atom. The van der Waals surface area contributed by atoms with Crippen molar-refractivity contribution >= 4 is 17.4 Å². The van der Waals surface area contributed by atoms with Crippen LogP contribution in [0.3, 0.4) is 0 Å². The quantitative estimate of drug-likeness (QED) is 0.568. The summed E-state index contributed by atoms with van der Waals surface area (Å²) >= 11 is 6.16. The van der Waals surface area contributed by atoms with Crippen LogP contribution >= 0.6 is 11.6 Å². The van der Waals surface area contributed by atoms with E-state index in [4.69, 9.17) is 17.0 Å². The average molecular weight is 267 g/mol. The van der Waals surface area contributed by atoms with Gasteiger partial charge < -0.3 is 4.90 Å². The third kappa shape index (κ3) is 4.34. The van der Waals surface area contributed by atoms with E-state index in [2.05, 4.69) is 18.7 Å². The molecule has 0 aliphatic rings. The van der Waals surface area contributed by atoms with Crippen LogP contribution in [0.25, 0.3) is 0 Å². The van der Waals surface area contributed by atoms with Gasteiger partial charge in [0.1, 0.15) is 5.84 Å². The van der Waals surface area contributed by atoms with Crippen LogP contribution in [0.15, 0.2) is 24.3 Å². The molecule has 0 unspecified atom stereocenters. The average Bonchev–Trinajstić information content (AvgIpc) is 2.39. The first kappa shape index (κ1) is 15.0. The maximum Gasteiger partial charge on any atom is 0.129 e. The lowest BCUT2D eigenvalue weighted by Gasteiger charge is -2.25. The number of hydrogen-bond donors (Lipinski definition) is 1. The Morgan fingerprint density at radius 2 is 1.67 bits per heavy atom. The summed E-state index contributed by atoms with van der Waals surface area (Å²) in [5.41, 5.74) is 0.839. The molecule has 100 valence electrons. The molecule has 0 aliphatic heterocycles. The van der Waals surface area contributed by atoms with Crippen molar-refractivity contribution in [1.29, 1.82) is 5.41 Å². The molecule has 0 amide bonds. The van der Waals surface area contributed by atoms with Crippen LogP contribution in [0, 0.1) is 5.41 Å². The van der Waals surface area contributed by atoms with Gasteiger partial charge in [0.05, 0.1) is 5.02 Å². The molecule has 0 fully saturated rings. The molecular weight excluding hydrogens is 244 g/mol. The predicted octanol–water partition coefficient (Wildman–Crippen LogP) is 4.57. The smallest absolute Gasteiger partial charge is 0.129 e. The van der Waals surface area contributed by atoms with Crippen molar-refractivity contribution in [3.63, 3.8) is 0 Å². The van der Waals surface area contributed by atoms with Gasteiger partial charge in [-0.05, 0) is 25.0 Å². The van der Waals surface area contributed by atoms with Crippen LogP contribution in [-0.2, 0) is 0 Å². The van der Waals surface area contributed by atoms with Crippen molar-refractivity contribution in [1.82, 2.24) is 4.90 Å². The Balaban J connectivity index is 2.77. The van der Waals surface area contributed by atoms with Gasteiger partial charge in [0.25, 0.3) is 0 Å². The molecule has 1 aromatic carbocycles. The number of amidine groups is 1. The second-order valence-corrected chi connectivity index (χ2v) is 4.93. The zero-order valence-electron chi connectivity index (χ0n) is 11.4. The summed E-state index contributed by atoms with van der Waals surface area (Å²) in [6.45, 7) is 6.25. The molecule has 0 radical (unpaired) electrons. The highest BCUT2D eigenvalue weighted by atomic mass is 35.5. The third-order valence-corrected chi connectivity index (χ3v) is 3.34. The minimum atomic E-state index is 0.558. The van der Waals surface area contributed by atoms with Gasteiger partial charge in [-0.3, -0.25) is 5.41 Å². The van der Waals surface area contributed by atoms with Crippen LogP contribution in [0.1, 0.15) is 45.1 Å². The van der Waals surface area contributed by atoms with Crippen molar-refractivity contribution in [2.75, 3.05) is 13.1 Å². The van der Waals surface area contributed by atoms with Crippen LogP contribution in [-0.4, -0.2) is 23.8 Å². The van der Waals surface area contributed by atoms with Gasteiger partial charge in [-0.25, -0.2) is 0 Å². The van der Waals surface area contributed by atoms with Crippen molar-refractivity contribution < 1.29 is 0 Å². The summed E-state index contributed by atoms with van der Waals surface area (Å²) in [5, 5.41) is 8.99. The van der Waals surface area contributed by atoms with Crippen LogP contribution < -0.4 is 0 Å². The van der Waals surface area contributed by atoms with Crippen molar-refractivity contribution in [3.05, 3.63) is 34.9 Å². The Morgan fingerprint density at radius 1 is 1.11 bits per heavy atom. The van der Waals surface area contributed by atoms with E-state index in [0.29, 0.717) is 10.9 Å². The fourth-order valence-electron chi connectivity index (χ4n) is 1.86. The number of benzene rings is 1. The molecule has 0 saturated carbocycles. The van der Waals surface area contributed by atoms with E-state index in [1.54, 1.807) is 0 Å². The van der Waals surface area contributed by atoms with Gasteiger partial charge >= 0.3 is 0 Å². The lowest BCUT2D eigenvalue weighted by Crippen LogP contribution is -2.33. The summed E-state index contributed by atoms with van der Waals surface area (Å²) < 4.78 is 0. The molecule has 0 heterocycles. The van der Waals surface area contributed by atoms with Crippen molar-refractivity contribution in [2.24, 2.45) is 0 Å². The second kappa shape index (κ2) is 8.15. The number of nitrogens with one attached hydrogen (secondary N) is 1. The van der Waals surface area contributed by atoms with Gasteiger partial charge in [-0.15, -0.1) is 0 Å². The predicted molar refractivity (Wildman–Crippen MR) is 79.7 cm³/mol. The molecule has 0 bridgehead atoms. The lowest BCUT2D eigenvalue weighted by molar-refractivity contribution is 0.397. The Hall–Kier alpha value is -1.02. The summed E-state index contributed by atoms with van der Waals surface area (Å²) in [5.74, 6) is 0.558. The lowest BCUT2D eigenvalue weighted by atomic mass is 10.1. The van der Waals surface area contributed by atoms with Gasteiger partial charge in [-0.2, -0.15) is 0 Å². The normalized spacial score (nSPS) is 10.4. The molecule has 0 aromatic heterocycles. The largest absolute Gasteiger partial charge is 0.357 e. The first-order chi connectivity index (χ1) is 8.70. The Kier molecular flexibility index (Phi) is 6.81. The first-order valence-corrected chi connectivity index (χ1v) is 7.16. The Bertz CT molecular complexity index is 369. The molecule has 1 N–H and O–H groups in total. The number of unbranched alkanes of at least 4 members (excludes halogenated alkanes) is 2. The van der Waals surface area contributed by atoms with E-state index < -0.39 is 0 Å². The van der Waals surface area contributed by atoms with E-state index in [1.807, 2.05) is 24.3 Å². The third-order valence-electron chi connectivity index (χ3n) is 3.01. The number of nitrogens with zero attached hydrogens (tertiary/aromatic N) is 1. The van der Waals surface area contributed by atoms with Crippen LogP contribution in [0.4, 0.5) is 0 Å². The van der Waals surface area contributed by atoms with E-state index in [-0.39, 0.29) is 0 Å². The van der Waals surface area contributed by atoms with Crippen molar-refractivity contribution in [2.45, 2.75) is 39.5 Å². The summed E-state index contributed by atoms with van der Waals surface area (Å²) in [7, 11) is 0. The minimum absolute atomic E-state index is 0.558. The molecule has 0 atom stereocenters. The van der Waals surface area contributed by atoms with Gasteiger partial charge in [0, 0.05) is 18.7 Å². The summed E-state index contributed by atoms with van der Waals surface area (Å²) in [4.78, 5) is 2.15. The molecule has 0 aliphatic carbocycles. The molecule has 3 heteroatoms. The fourth-order valence-corrected chi connectivity index (χ4v) is 2.08. The van der Waals surface area contributed by atoms with Crippen LogP contribution in [0.5, 0.6) is 0 Å². The maximum atomic E-state index is 8.33. The van der Waals surface area contributed by atoms with E-state index >= 15 is 0 Å². The SMILES string of the molecule is CCCCN(CCCC)C(=N)c1ccccc1Cl. The maximum absolute atomic E-state index is 8.33. The topological polar surface area (TPSA) is 27.1 Å². The summed E-state index contributed by atoms with van der Waals surface area (Å²) in [6.07, 6.45) is 4.55. The first-order valence-electron chi connectivity index (χ1n) is 6.79. The zero-order chi connectivity index (χ0) is 13.4. The molecule has 1 rings (SSSR count). The highest BCUT2D eigenvalue weighted by Gasteiger charge is 2.13. The van der Waals surface area contributed by atoms with Gasteiger partial charge in [-0.1, -0.05) is 50.4 Å². The highest BCUT2D eigenvalue weighted by molar-refractivity contribution is 6.33. The molecular formula is C15H23ClN2. The van der Waals surface area contributed by atoms with Gasteiger partial charge in [0.15, 0.2) is 0 Å². The zero-order valence-corrected chi connectivity index (χ0v) is 12.1. The molecule has 18 heavy (non-hydrogen) atoms. The minimum Gasteiger partial charge on any atom is -0.357 e. The monoisotopic (exact) mass is 266 g/mol. The van der Waals surface area contributed by atoms with E-state index in [1.165, 1.54) is 0 Å². The fraction of sp³-hybridized carbons (Fsp3) is 0.533. The molecule has 0 saturated heterocycles. The molecule has 1 aromatic rings. The Labute approximate surface area is 115 Å². The number of halogens is 1. The van der Waals surface area contributed by atoms with E-state index in [0.717, 1.165) is 44.3 Å². The summed E-state index contributed by atoms with van der Waals surface area (Å²) in [6, 6.07) is 7.62. The number of hydrogen-bond acceptors (Lipinski definition) is 1. The molecule has 0 spiro atoms. The second-order valence-electron chi connectivity index (χ2n) is 4.52.